The number of hydrogen-bond acceptors (Lipinski definition) is 6. The number of anilines is 1. The highest BCUT2D eigenvalue weighted by Gasteiger charge is 2.25. The summed E-state index contributed by atoms with van der Waals surface area (Å²) in [7, 11) is 0. The maximum Gasteiger partial charge on any atom is 0.291 e. The third-order valence-electron chi connectivity index (χ3n) is 3.97. The van der Waals surface area contributed by atoms with Gasteiger partial charge in [0.2, 0.25) is 5.76 Å². The van der Waals surface area contributed by atoms with E-state index < -0.39 is 0 Å². The molecule has 0 aromatic carbocycles. The molecule has 3 heterocycles. The van der Waals surface area contributed by atoms with Gasteiger partial charge >= 0.3 is 0 Å². The number of carboxylic acid groups (broad SMARTS) is 1. The average Bonchev–Trinajstić information content (AvgIpc) is 2.81. The van der Waals surface area contributed by atoms with Gasteiger partial charge in [0.15, 0.2) is 11.7 Å². The van der Waals surface area contributed by atoms with Crippen LogP contribution in [0.25, 0.3) is 0 Å². The topological polar surface area (TPSA) is 99.8 Å². The molecule has 1 saturated heterocycles. The number of nitrogens with zero attached hydrogens (tertiary/aromatic N) is 4. The third kappa shape index (κ3) is 4.56. The lowest BCUT2D eigenvalue weighted by Gasteiger charge is -2.23. The van der Waals surface area contributed by atoms with Crippen molar-refractivity contribution in [3.8, 4) is 0 Å². The van der Waals surface area contributed by atoms with E-state index in [1.54, 1.807) is 31.0 Å². The third-order valence-corrected chi connectivity index (χ3v) is 3.97. The minimum absolute atomic E-state index is 0.153. The van der Waals surface area contributed by atoms with Crippen LogP contribution in [0.5, 0.6) is 0 Å². The van der Waals surface area contributed by atoms with E-state index in [1.807, 2.05) is 4.90 Å². The number of aromatic nitrogens is 2. The van der Waals surface area contributed by atoms with Crippen LogP contribution in [0, 0.1) is 19.7 Å². The number of halogens is 1. The fourth-order valence-corrected chi connectivity index (χ4v) is 2.86. The molecule has 1 aliphatic heterocycles. The maximum atomic E-state index is 13.9. The number of amides is 1. The van der Waals surface area contributed by atoms with Gasteiger partial charge in [0.1, 0.15) is 0 Å². The van der Waals surface area contributed by atoms with Crippen LogP contribution in [-0.2, 0) is 4.79 Å². The summed E-state index contributed by atoms with van der Waals surface area (Å²) in [6.07, 6.45) is 3.55. The molecule has 9 heteroatoms. The van der Waals surface area contributed by atoms with Crippen LogP contribution in [0.1, 0.15) is 28.6 Å². The Balaban J connectivity index is 0.000000758. The maximum absolute atomic E-state index is 13.9. The van der Waals surface area contributed by atoms with Gasteiger partial charge in [-0.3, -0.25) is 14.6 Å². The zero-order valence-electron chi connectivity index (χ0n) is 14.7. The second-order valence-electron chi connectivity index (χ2n) is 5.71. The lowest BCUT2D eigenvalue weighted by molar-refractivity contribution is -0.122. The lowest BCUT2D eigenvalue weighted by atomic mass is 10.3. The summed E-state index contributed by atoms with van der Waals surface area (Å²) in [5.74, 6) is 0.293. The number of oxazole rings is 1. The normalized spacial score (nSPS) is 14.3. The second-order valence-corrected chi connectivity index (χ2v) is 5.71. The summed E-state index contributed by atoms with van der Waals surface area (Å²) >= 11 is 0. The van der Waals surface area contributed by atoms with Crippen molar-refractivity contribution in [1.82, 2.24) is 14.9 Å². The molecule has 2 aromatic heterocycles. The molecule has 0 spiro atoms. The van der Waals surface area contributed by atoms with Crippen LogP contribution in [0.2, 0.25) is 0 Å². The number of carbonyl (C=O) groups is 2. The van der Waals surface area contributed by atoms with Gasteiger partial charge in [-0.1, -0.05) is 0 Å². The van der Waals surface area contributed by atoms with Gasteiger partial charge in [-0.05, 0) is 19.4 Å². The van der Waals surface area contributed by atoms with E-state index in [0.29, 0.717) is 49.2 Å². The van der Waals surface area contributed by atoms with Crippen LogP contribution in [0.15, 0.2) is 22.9 Å². The van der Waals surface area contributed by atoms with Crippen LogP contribution in [0.3, 0.4) is 0 Å². The van der Waals surface area contributed by atoms with E-state index in [0.717, 1.165) is 6.42 Å². The molecule has 0 saturated carbocycles. The second kappa shape index (κ2) is 8.93. The van der Waals surface area contributed by atoms with Crippen molar-refractivity contribution >= 4 is 18.1 Å². The Kier molecular flexibility index (Phi) is 6.65. The first-order valence-electron chi connectivity index (χ1n) is 8.13. The fourth-order valence-electron chi connectivity index (χ4n) is 2.86. The molecule has 3 rings (SSSR count). The van der Waals surface area contributed by atoms with Gasteiger partial charge in [0.25, 0.3) is 12.4 Å². The van der Waals surface area contributed by atoms with Gasteiger partial charge in [-0.2, -0.15) is 0 Å². The zero-order valence-corrected chi connectivity index (χ0v) is 14.7. The van der Waals surface area contributed by atoms with Crippen molar-refractivity contribution in [2.45, 2.75) is 20.3 Å². The zero-order chi connectivity index (χ0) is 19.1. The SMILES string of the molecule is Cc1nc(C)c(C(=O)N2CCCN(c3ccncc3F)CC2)o1.O=CO. The van der Waals surface area contributed by atoms with E-state index in [4.69, 9.17) is 14.3 Å². The van der Waals surface area contributed by atoms with E-state index in [9.17, 15) is 9.18 Å². The Morgan fingerprint density at radius 1 is 1.31 bits per heavy atom. The standard InChI is InChI=1S/C16H19FN4O2.CH2O2/c1-11-15(23-12(2)19-11)16(22)21-7-3-6-20(8-9-21)14-4-5-18-10-13(14)17;2-1-3/h4-5,10H,3,6-9H2,1-2H3;1H,(H,2,3). The molecular formula is C17H21FN4O4. The molecule has 0 radical (unpaired) electrons. The fraction of sp³-hybridized carbons (Fsp3) is 0.412. The van der Waals surface area contributed by atoms with Crippen LogP contribution in [0.4, 0.5) is 10.1 Å². The molecule has 26 heavy (non-hydrogen) atoms. The predicted molar refractivity (Wildman–Crippen MR) is 91.6 cm³/mol. The van der Waals surface area contributed by atoms with E-state index in [2.05, 4.69) is 9.97 Å². The number of rotatable bonds is 2. The molecule has 140 valence electrons. The first-order chi connectivity index (χ1) is 12.5. The Hall–Kier alpha value is -2.97. The number of pyridine rings is 1. The van der Waals surface area contributed by atoms with Crippen molar-refractivity contribution in [3.05, 3.63) is 41.6 Å². The molecule has 0 atom stereocenters. The molecule has 1 aliphatic rings. The molecule has 1 amide bonds. The van der Waals surface area contributed by atoms with Crippen molar-refractivity contribution in [3.63, 3.8) is 0 Å². The van der Waals surface area contributed by atoms with Gasteiger partial charge in [-0.15, -0.1) is 0 Å². The Morgan fingerprint density at radius 2 is 2.04 bits per heavy atom. The number of carbonyl (C=O) groups excluding carboxylic acids is 1. The largest absolute Gasteiger partial charge is 0.483 e. The van der Waals surface area contributed by atoms with E-state index in [-0.39, 0.29) is 18.2 Å². The van der Waals surface area contributed by atoms with Gasteiger partial charge in [-0.25, -0.2) is 9.37 Å². The first kappa shape index (κ1) is 19.4. The quantitative estimate of drug-likeness (QED) is 0.812. The van der Waals surface area contributed by atoms with E-state index in [1.165, 1.54) is 6.20 Å². The van der Waals surface area contributed by atoms with Crippen LogP contribution < -0.4 is 4.90 Å². The smallest absolute Gasteiger partial charge is 0.291 e. The van der Waals surface area contributed by atoms with Crippen molar-refractivity contribution in [2.75, 3.05) is 31.1 Å². The number of aryl methyl sites for hydroxylation is 2. The highest BCUT2D eigenvalue weighted by Crippen LogP contribution is 2.20. The summed E-state index contributed by atoms with van der Waals surface area (Å²) in [5, 5.41) is 6.89. The van der Waals surface area contributed by atoms with Crippen molar-refractivity contribution < 1.29 is 23.5 Å². The molecular weight excluding hydrogens is 343 g/mol. The predicted octanol–water partition coefficient (Wildman–Crippen LogP) is 1.88. The molecule has 1 N–H and O–H groups in total. The Bertz CT molecular complexity index is 765. The van der Waals surface area contributed by atoms with Gasteiger partial charge in [0, 0.05) is 39.3 Å². The minimum Gasteiger partial charge on any atom is -0.483 e. The highest BCUT2D eigenvalue weighted by molar-refractivity contribution is 5.92. The highest BCUT2D eigenvalue weighted by atomic mass is 19.1. The Morgan fingerprint density at radius 3 is 2.65 bits per heavy atom. The summed E-state index contributed by atoms with van der Waals surface area (Å²) < 4.78 is 19.3. The summed E-state index contributed by atoms with van der Waals surface area (Å²) in [4.78, 5) is 32.6. The summed E-state index contributed by atoms with van der Waals surface area (Å²) in [6.45, 7) is 5.62. The first-order valence-corrected chi connectivity index (χ1v) is 8.13. The lowest BCUT2D eigenvalue weighted by Crippen LogP contribution is -2.35. The summed E-state index contributed by atoms with van der Waals surface area (Å²) in [5.41, 5.74) is 1.13. The number of hydrogen-bond donors (Lipinski definition) is 1. The molecule has 1 fully saturated rings. The van der Waals surface area contributed by atoms with Crippen molar-refractivity contribution in [2.24, 2.45) is 0 Å². The van der Waals surface area contributed by atoms with E-state index >= 15 is 0 Å². The monoisotopic (exact) mass is 364 g/mol. The minimum atomic E-state index is -0.339. The van der Waals surface area contributed by atoms with Gasteiger partial charge < -0.3 is 19.3 Å². The molecule has 0 unspecified atom stereocenters. The summed E-state index contributed by atoms with van der Waals surface area (Å²) in [6, 6.07) is 1.66. The molecule has 0 bridgehead atoms. The van der Waals surface area contributed by atoms with Crippen molar-refractivity contribution in [1.29, 1.82) is 0 Å². The van der Waals surface area contributed by atoms with Crippen LogP contribution in [-0.4, -0.2) is 58.5 Å². The molecule has 8 nitrogen and oxygen atoms in total. The molecule has 0 aliphatic carbocycles. The molecule has 2 aromatic rings. The average molecular weight is 364 g/mol. The van der Waals surface area contributed by atoms with Gasteiger partial charge in [0.05, 0.1) is 17.6 Å². The van der Waals surface area contributed by atoms with Crippen LogP contribution >= 0.6 is 0 Å². The Labute approximate surface area is 150 Å².